The zero-order chi connectivity index (χ0) is 11.7. The molecule has 17 heavy (non-hydrogen) atoms. The molecule has 0 aliphatic rings. The summed E-state index contributed by atoms with van der Waals surface area (Å²) in [6.45, 7) is 0. The Morgan fingerprint density at radius 3 is 2.59 bits per heavy atom. The van der Waals surface area contributed by atoms with Crippen LogP contribution < -0.4 is 0 Å². The molecule has 0 atom stereocenters. The average Bonchev–Trinajstić information content (AvgIpc) is 2.40. The van der Waals surface area contributed by atoms with Gasteiger partial charge in [0.05, 0.1) is 11.2 Å². The van der Waals surface area contributed by atoms with E-state index in [0.29, 0.717) is 0 Å². The minimum Gasteiger partial charge on any atom is -0.507 e. The number of aromatic hydroxyl groups is 1. The standard InChI is InChI=1S/C14H10N2O/c17-14-9-10(12-5-1-2-6-15-12)8-13-11(14)4-3-7-16-13/h1-9,17H. The number of pyridine rings is 2. The average molecular weight is 222 g/mol. The minimum atomic E-state index is 0.233. The first-order valence-electron chi connectivity index (χ1n) is 5.34. The molecule has 0 radical (unpaired) electrons. The van der Waals surface area contributed by atoms with E-state index in [-0.39, 0.29) is 5.75 Å². The summed E-state index contributed by atoms with van der Waals surface area (Å²) in [5.74, 6) is 0.233. The maximum Gasteiger partial charge on any atom is 0.125 e. The second-order valence-corrected chi connectivity index (χ2v) is 3.78. The van der Waals surface area contributed by atoms with Crippen LogP contribution in [-0.2, 0) is 0 Å². The lowest BCUT2D eigenvalue weighted by Crippen LogP contribution is -1.84. The Balaban J connectivity index is 2.26. The SMILES string of the molecule is Oc1cc(-c2ccccn2)cc2ncccc12. The quantitative estimate of drug-likeness (QED) is 0.688. The van der Waals surface area contributed by atoms with Gasteiger partial charge in [-0.1, -0.05) is 6.07 Å². The van der Waals surface area contributed by atoms with E-state index >= 15 is 0 Å². The van der Waals surface area contributed by atoms with Crippen LogP contribution in [0.1, 0.15) is 0 Å². The number of hydrogen-bond acceptors (Lipinski definition) is 3. The molecule has 0 fully saturated rings. The van der Waals surface area contributed by atoms with Crippen LogP contribution in [0.3, 0.4) is 0 Å². The summed E-state index contributed by atoms with van der Waals surface area (Å²) in [6.07, 6.45) is 3.44. The molecule has 82 valence electrons. The van der Waals surface area contributed by atoms with E-state index in [0.717, 1.165) is 22.2 Å². The van der Waals surface area contributed by atoms with Crippen molar-refractivity contribution < 1.29 is 5.11 Å². The van der Waals surface area contributed by atoms with Gasteiger partial charge in [-0.05, 0) is 36.4 Å². The van der Waals surface area contributed by atoms with Crippen LogP contribution in [0.25, 0.3) is 22.2 Å². The summed E-state index contributed by atoms with van der Waals surface area (Å²) >= 11 is 0. The van der Waals surface area contributed by atoms with Crippen molar-refractivity contribution in [3.8, 4) is 17.0 Å². The van der Waals surface area contributed by atoms with Gasteiger partial charge >= 0.3 is 0 Å². The number of nitrogens with zero attached hydrogens (tertiary/aromatic N) is 2. The third-order valence-electron chi connectivity index (χ3n) is 2.66. The first-order chi connectivity index (χ1) is 8.34. The summed E-state index contributed by atoms with van der Waals surface area (Å²) in [5, 5.41) is 10.7. The molecular weight excluding hydrogens is 212 g/mol. The van der Waals surface area contributed by atoms with Crippen LogP contribution in [0.2, 0.25) is 0 Å². The summed E-state index contributed by atoms with van der Waals surface area (Å²) in [5.41, 5.74) is 2.47. The molecule has 0 saturated heterocycles. The lowest BCUT2D eigenvalue weighted by Gasteiger charge is -2.04. The highest BCUT2D eigenvalue weighted by molar-refractivity contribution is 5.89. The van der Waals surface area contributed by atoms with Gasteiger partial charge in [0.2, 0.25) is 0 Å². The van der Waals surface area contributed by atoms with Gasteiger partial charge in [0.15, 0.2) is 0 Å². The molecule has 0 bridgehead atoms. The number of phenols is 1. The summed E-state index contributed by atoms with van der Waals surface area (Å²) in [4.78, 5) is 8.50. The van der Waals surface area contributed by atoms with Crippen LogP contribution in [-0.4, -0.2) is 15.1 Å². The lowest BCUT2D eigenvalue weighted by atomic mass is 10.1. The minimum absolute atomic E-state index is 0.233. The highest BCUT2D eigenvalue weighted by atomic mass is 16.3. The van der Waals surface area contributed by atoms with Gasteiger partial charge in [-0.25, -0.2) is 0 Å². The molecule has 0 aliphatic carbocycles. The smallest absolute Gasteiger partial charge is 0.125 e. The molecule has 2 aromatic heterocycles. The van der Waals surface area contributed by atoms with Gasteiger partial charge in [0.25, 0.3) is 0 Å². The zero-order valence-corrected chi connectivity index (χ0v) is 9.04. The van der Waals surface area contributed by atoms with Crippen molar-refractivity contribution in [2.75, 3.05) is 0 Å². The molecule has 3 aromatic rings. The first kappa shape index (κ1) is 9.78. The number of fused-ring (bicyclic) bond motifs is 1. The third kappa shape index (κ3) is 1.72. The predicted octanol–water partition coefficient (Wildman–Crippen LogP) is 3.00. The maximum absolute atomic E-state index is 9.95. The second kappa shape index (κ2) is 3.87. The molecule has 3 rings (SSSR count). The van der Waals surface area contributed by atoms with Gasteiger partial charge in [-0.2, -0.15) is 0 Å². The Morgan fingerprint density at radius 1 is 0.882 bits per heavy atom. The molecule has 1 aromatic carbocycles. The molecule has 3 heteroatoms. The van der Waals surface area contributed by atoms with Crippen LogP contribution in [0.4, 0.5) is 0 Å². The fourth-order valence-electron chi connectivity index (χ4n) is 1.84. The first-order valence-corrected chi connectivity index (χ1v) is 5.34. The highest BCUT2D eigenvalue weighted by Crippen LogP contribution is 2.29. The van der Waals surface area contributed by atoms with Crippen molar-refractivity contribution in [2.24, 2.45) is 0 Å². The fourth-order valence-corrected chi connectivity index (χ4v) is 1.84. The van der Waals surface area contributed by atoms with E-state index in [1.807, 2.05) is 36.4 Å². The van der Waals surface area contributed by atoms with Gasteiger partial charge in [0, 0.05) is 23.3 Å². The molecular formula is C14H10N2O. The summed E-state index contributed by atoms with van der Waals surface area (Å²) < 4.78 is 0. The van der Waals surface area contributed by atoms with Gasteiger partial charge < -0.3 is 5.11 Å². The lowest BCUT2D eigenvalue weighted by molar-refractivity contribution is 0.482. The van der Waals surface area contributed by atoms with E-state index < -0.39 is 0 Å². The van der Waals surface area contributed by atoms with Crippen LogP contribution in [0.15, 0.2) is 54.9 Å². The van der Waals surface area contributed by atoms with Crippen molar-refractivity contribution >= 4 is 10.9 Å². The molecule has 1 N–H and O–H groups in total. The van der Waals surface area contributed by atoms with E-state index in [4.69, 9.17) is 0 Å². The Hall–Kier alpha value is -2.42. The van der Waals surface area contributed by atoms with Crippen molar-refractivity contribution in [1.29, 1.82) is 0 Å². The van der Waals surface area contributed by atoms with Crippen molar-refractivity contribution in [1.82, 2.24) is 9.97 Å². The van der Waals surface area contributed by atoms with E-state index in [1.165, 1.54) is 0 Å². The normalized spacial score (nSPS) is 10.6. The number of phenolic OH excluding ortho intramolecular Hbond substituents is 1. The topological polar surface area (TPSA) is 46.0 Å². The molecule has 0 spiro atoms. The van der Waals surface area contributed by atoms with Crippen LogP contribution in [0, 0.1) is 0 Å². The van der Waals surface area contributed by atoms with E-state index in [1.54, 1.807) is 18.5 Å². The summed E-state index contributed by atoms with van der Waals surface area (Å²) in [6, 6.07) is 13.0. The number of benzene rings is 1. The molecule has 0 unspecified atom stereocenters. The molecule has 3 nitrogen and oxygen atoms in total. The van der Waals surface area contributed by atoms with Gasteiger partial charge in [0.1, 0.15) is 5.75 Å². The number of rotatable bonds is 1. The predicted molar refractivity (Wildman–Crippen MR) is 66.6 cm³/mol. The van der Waals surface area contributed by atoms with E-state index in [2.05, 4.69) is 9.97 Å². The molecule has 2 heterocycles. The number of hydrogen-bond donors (Lipinski definition) is 1. The van der Waals surface area contributed by atoms with Crippen molar-refractivity contribution in [3.63, 3.8) is 0 Å². The van der Waals surface area contributed by atoms with Crippen molar-refractivity contribution in [3.05, 3.63) is 54.9 Å². The second-order valence-electron chi connectivity index (χ2n) is 3.78. The monoisotopic (exact) mass is 222 g/mol. The number of aromatic nitrogens is 2. The fraction of sp³-hybridized carbons (Fsp3) is 0. The highest BCUT2D eigenvalue weighted by Gasteiger charge is 2.05. The third-order valence-corrected chi connectivity index (χ3v) is 2.66. The Morgan fingerprint density at radius 2 is 1.76 bits per heavy atom. The molecule has 0 amide bonds. The largest absolute Gasteiger partial charge is 0.507 e. The van der Waals surface area contributed by atoms with Gasteiger partial charge in [-0.3, -0.25) is 9.97 Å². The molecule has 0 aliphatic heterocycles. The Kier molecular flexibility index (Phi) is 2.22. The zero-order valence-electron chi connectivity index (χ0n) is 9.04. The summed E-state index contributed by atoms with van der Waals surface area (Å²) in [7, 11) is 0. The van der Waals surface area contributed by atoms with Crippen LogP contribution in [0.5, 0.6) is 5.75 Å². The molecule has 0 saturated carbocycles. The van der Waals surface area contributed by atoms with E-state index in [9.17, 15) is 5.11 Å². The maximum atomic E-state index is 9.95. The Bertz CT molecular complexity index is 665. The van der Waals surface area contributed by atoms with Gasteiger partial charge in [-0.15, -0.1) is 0 Å². The Labute approximate surface area is 98.4 Å². The van der Waals surface area contributed by atoms with Crippen molar-refractivity contribution in [2.45, 2.75) is 0 Å². The van der Waals surface area contributed by atoms with Crippen LogP contribution >= 0.6 is 0 Å².